The Morgan fingerprint density at radius 1 is 1.62 bits per heavy atom. The van der Waals surface area contributed by atoms with Crippen molar-refractivity contribution in [3.63, 3.8) is 0 Å². The molecule has 16 heavy (non-hydrogen) atoms. The summed E-state index contributed by atoms with van der Waals surface area (Å²) >= 11 is 0. The second-order valence-electron chi connectivity index (χ2n) is 3.83. The molecule has 92 valence electrons. The second kappa shape index (κ2) is 7.38. The topological polar surface area (TPSA) is 65.1 Å². The molecule has 5 nitrogen and oxygen atoms in total. The summed E-state index contributed by atoms with van der Waals surface area (Å²) < 4.78 is 7.19. The molecule has 0 bridgehead atoms. The molecule has 1 heterocycles. The molecule has 0 radical (unpaired) electrons. The van der Waals surface area contributed by atoms with Gasteiger partial charge in [0, 0.05) is 32.7 Å². The van der Waals surface area contributed by atoms with Crippen LogP contribution >= 0.6 is 0 Å². The van der Waals surface area contributed by atoms with Crippen LogP contribution in [0.1, 0.15) is 38.1 Å². The van der Waals surface area contributed by atoms with Crippen molar-refractivity contribution in [3.05, 3.63) is 18.2 Å². The smallest absolute Gasteiger partial charge is 0.127 e. The van der Waals surface area contributed by atoms with Crippen LogP contribution in [0.15, 0.2) is 12.4 Å². The highest BCUT2D eigenvalue weighted by atomic mass is 16.5. The van der Waals surface area contributed by atoms with E-state index in [1.54, 1.807) is 7.11 Å². The maximum Gasteiger partial charge on any atom is 0.127 e. The van der Waals surface area contributed by atoms with Crippen LogP contribution in [-0.2, 0) is 11.3 Å². The van der Waals surface area contributed by atoms with Gasteiger partial charge in [0.1, 0.15) is 5.82 Å². The summed E-state index contributed by atoms with van der Waals surface area (Å²) in [4.78, 5) is 4.36. The summed E-state index contributed by atoms with van der Waals surface area (Å²) in [6.07, 6.45) is 6.83. The van der Waals surface area contributed by atoms with Gasteiger partial charge in [-0.25, -0.2) is 10.4 Å². The van der Waals surface area contributed by atoms with Crippen LogP contribution in [0.3, 0.4) is 0 Å². The van der Waals surface area contributed by atoms with Crippen LogP contribution in [0.2, 0.25) is 0 Å². The number of ether oxygens (including phenoxy) is 1. The fourth-order valence-corrected chi connectivity index (χ4v) is 1.78. The van der Waals surface area contributed by atoms with E-state index >= 15 is 0 Å². The number of nitrogens with zero attached hydrogens (tertiary/aromatic N) is 2. The lowest BCUT2D eigenvalue weighted by molar-refractivity contribution is 0.188. The molecule has 0 aliphatic carbocycles. The SMILES string of the molecule is CCCn1ccnc1C(CCCOC)NN. The predicted molar refractivity (Wildman–Crippen MR) is 63.7 cm³/mol. The van der Waals surface area contributed by atoms with Gasteiger partial charge < -0.3 is 9.30 Å². The largest absolute Gasteiger partial charge is 0.385 e. The number of hydrogen-bond acceptors (Lipinski definition) is 4. The van der Waals surface area contributed by atoms with Crippen molar-refractivity contribution in [2.75, 3.05) is 13.7 Å². The van der Waals surface area contributed by atoms with E-state index in [4.69, 9.17) is 10.6 Å². The fourth-order valence-electron chi connectivity index (χ4n) is 1.78. The summed E-state index contributed by atoms with van der Waals surface area (Å²) in [5, 5.41) is 0. The standard InChI is InChI=1S/C11H22N4O/c1-3-7-15-8-6-13-11(15)10(14-12)5-4-9-16-2/h6,8,10,14H,3-5,7,9,12H2,1-2H3. The number of nitrogens with one attached hydrogen (secondary N) is 1. The Hall–Kier alpha value is -0.910. The highest BCUT2D eigenvalue weighted by Gasteiger charge is 2.14. The summed E-state index contributed by atoms with van der Waals surface area (Å²) in [7, 11) is 1.71. The van der Waals surface area contributed by atoms with Gasteiger partial charge in [-0.15, -0.1) is 0 Å². The van der Waals surface area contributed by atoms with E-state index in [2.05, 4.69) is 21.9 Å². The molecule has 0 aliphatic heterocycles. The Kier molecular flexibility index (Phi) is 6.07. The van der Waals surface area contributed by atoms with E-state index in [9.17, 15) is 0 Å². The predicted octanol–water partition coefficient (Wildman–Crippen LogP) is 1.22. The van der Waals surface area contributed by atoms with Gasteiger partial charge in [-0.3, -0.25) is 5.84 Å². The molecule has 0 spiro atoms. The number of nitrogens with two attached hydrogens (primary N) is 1. The molecule has 0 saturated heterocycles. The number of hydrogen-bond donors (Lipinski definition) is 2. The van der Waals surface area contributed by atoms with E-state index in [-0.39, 0.29) is 6.04 Å². The molecule has 1 rings (SSSR count). The van der Waals surface area contributed by atoms with Gasteiger partial charge in [-0.2, -0.15) is 0 Å². The maximum absolute atomic E-state index is 5.57. The van der Waals surface area contributed by atoms with Gasteiger partial charge in [0.15, 0.2) is 0 Å². The van der Waals surface area contributed by atoms with Gasteiger partial charge in [-0.05, 0) is 19.3 Å². The first-order valence-corrected chi connectivity index (χ1v) is 5.79. The van der Waals surface area contributed by atoms with Crippen LogP contribution in [0.4, 0.5) is 0 Å². The van der Waals surface area contributed by atoms with Crippen LogP contribution < -0.4 is 11.3 Å². The molecule has 3 N–H and O–H groups in total. The second-order valence-corrected chi connectivity index (χ2v) is 3.83. The first kappa shape index (κ1) is 13.2. The Balaban J connectivity index is 2.59. The van der Waals surface area contributed by atoms with Crippen molar-refractivity contribution >= 4 is 0 Å². The first-order valence-electron chi connectivity index (χ1n) is 5.79. The molecule has 0 aromatic carbocycles. The minimum Gasteiger partial charge on any atom is -0.385 e. The average molecular weight is 226 g/mol. The molecule has 0 aliphatic rings. The monoisotopic (exact) mass is 226 g/mol. The summed E-state index contributed by atoms with van der Waals surface area (Å²) in [6, 6.07) is 0.108. The Bertz CT molecular complexity index is 287. The average Bonchev–Trinajstić information content (AvgIpc) is 2.73. The molecule has 1 aromatic rings. The first-order chi connectivity index (χ1) is 7.83. The Morgan fingerprint density at radius 2 is 2.44 bits per heavy atom. The van der Waals surface area contributed by atoms with Gasteiger partial charge in [0.05, 0.1) is 6.04 Å². The van der Waals surface area contributed by atoms with Crippen molar-refractivity contribution in [3.8, 4) is 0 Å². The van der Waals surface area contributed by atoms with Crippen molar-refractivity contribution in [1.29, 1.82) is 0 Å². The molecule has 0 amide bonds. The summed E-state index contributed by atoms with van der Waals surface area (Å²) in [6.45, 7) is 3.89. The number of methoxy groups -OCH3 is 1. The molecule has 5 heteroatoms. The number of imidazole rings is 1. The van der Waals surface area contributed by atoms with Crippen LogP contribution in [0.25, 0.3) is 0 Å². The molecule has 0 saturated carbocycles. The third kappa shape index (κ3) is 3.59. The normalized spacial score (nSPS) is 12.9. The highest BCUT2D eigenvalue weighted by Crippen LogP contribution is 2.16. The van der Waals surface area contributed by atoms with Crippen molar-refractivity contribution in [1.82, 2.24) is 15.0 Å². The molecule has 0 fully saturated rings. The molecular weight excluding hydrogens is 204 g/mol. The van der Waals surface area contributed by atoms with Gasteiger partial charge in [-0.1, -0.05) is 6.92 Å². The third-order valence-corrected chi connectivity index (χ3v) is 2.57. The van der Waals surface area contributed by atoms with Crippen LogP contribution in [0, 0.1) is 0 Å². The Morgan fingerprint density at radius 3 is 3.06 bits per heavy atom. The zero-order chi connectivity index (χ0) is 11.8. The zero-order valence-corrected chi connectivity index (χ0v) is 10.1. The van der Waals surface area contributed by atoms with Crippen molar-refractivity contribution < 1.29 is 4.74 Å². The van der Waals surface area contributed by atoms with E-state index < -0.39 is 0 Å². The zero-order valence-electron chi connectivity index (χ0n) is 10.1. The number of aromatic nitrogens is 2. The lowest BCUT2D eigenvalue weighted by Crippen LogP contribution is -2.30. The quantitative estimate of drug-likeness (QED) is 0.397. The molecule has 1 atom stereocenters. The Labute approximate surface area is 97.0 Å². The molecule has 1 aromatic heterocycles. The lowest BCUT2D eigenvalue weighted by Gasteiger charge is -2.16. The number of aryl methyl sites for hydroxylation is 1. The third-order valence-electron chi connectivity index (χ3n) is 2.57. The summed E-state index contributed by atoms with van der Waals surface area (Å²) in [5.74, 6) is 6.58. The van der Waals surface area contributed by atoms with E-state index in [0.29, 0.717) is 0 Å². The fraction of sp³-hybridized carbons (Fsp3) is 0.727. The molecular formula is C11H22N4O. The van der Waals surface area contributed by atoms with Gasteiger partial charge in [0.25, 0.3) is 0 Å². The minimum absolute atomic E-state index is 0.108. The van der Waals surface area contributed by atoms with Crippen molar-refractivity contribution in [2.45, 2.75) is 38.8 Å². The lowest BCUT2D eigenvalue weighted by atomic mass is 10.1. The molecule has 1 unspecified atom stereocenters. The van der Waals surface area contributed by atoms with E-state index in [0.717, 1.165) is 38.2 Å². The van der Waals surface area contributed by atoms with Crippen LogP contribution in [0.5, 0.6) is 0 Å². The van der Waals surface area contributed by atoms with Crippen LogP contribution in [-0.4, -0.2) is 23.3 Å². The van der Waals surface area contributed by atoms with Gasteiger partial charge >= 0.3 is 0 Å². The maximum atomic E-state index is 5.57. The van der Waals surface area contributed by atoms with Crippen molar-refractivity contribution in [2.24, 2.45) is 5.84 Å². The van der Waals surface area contributed by atoms with E-state index in [1.165, 1.54) is 0 Å². The number of rotatable bonds is 8. The summed E-state index contributed by atoms with van der Waals surface area (Å²) in [5.41, 5.74) is 2.82. The van der Waals surface area contributed by atoms with E-state index in [1.807, 2.05) is 12.4 Å². The van der Waals surface area contributed by atoms with Gasteiger partial charge in [0.2, 0.25) is 0 Å². The minimum atomic E-state index is 0.108. The number of hydrazine groups is 1. The highest BCUT2D eigenvalue weighted by molar-refractivity contribution is 4.99.